The van der Waals surface area contributed by atoms with Gasteiger partial charge in [-0.15, -0.1) is 6.58 Å². The van der Waals surface area contributed by atoms with Crippen molar-refractivity contribution in [2.45, 2.75) is 63.5 Å². The molecule has 0 atom stereocenters. The van der Waals surface area contributed by atoms with Gasteiger partial charge >= 0.3 is 0 Å². The van der Waals surface area contributed by atoms with Crippen LogP contribution in [0.3, 0.4) is 0 Å². The van der Waals surface area contributed by atoms with Gasteiger partial charge in [0.2, 0.25) is 0 Å². The van der Waals surface area contributed by atoms with Crippen molar-refractivity contribution in [1.29, 1.82) is 0 Å². The van der Waals surface area contributed by atoms with E-state index in [4.69, 9.17) is 9.47 Å². The minimum atomic E-state index is 0.0840. The van der Waals surface area contributed by atoms with E-state index in [0.29, 0.717) is 17.7 Å². The maximum absolute atomic E-state index is 12.7. The molecule has 0 bridgehead atoms. The Morgan fingerprint density at radius 2 is 1.73 bits per heavy atom. The van der Waals surface area contributed by atoms with E-state index in [2.05, 4.69) is 18.5 Å². The number of benzene rings is 1. The Balaban J connectivity index is 1.59. The zero-order valence-corrected chi connectivity index (χ0v) is 19.1. The third-order valence-corrected chi connectivity index (χ3v) is 6.08. The molecular formula is C25H40N2O3. The van der Waals surface area contributed by atoms with Crippen LogP contribution in [0.15, 0.2) is 36.9 Å². The molecule has 0 aliphatic heterocycles. The van der Waals surface area contributed by atoms with Crippen molar-refractivity contribution in [3.8, 4) is 5.75 Å². The second kappa shape index (κ2) is 13.5. The van der Waals surface area contributed by atoms with Gasteiger partial charge in [0.15, 0.2) is 0 Å². The third kappa shape index (κ3) is 8.11. The van der Waals surface area contributed by atoms with Crippen molar-refractivity contribution in [3.05, 3.63) is 42.5 Å². The summed E-state index contributed by atoms with van der Waals surface area (Å²) in [5, 5.41) is 0. The molecule has 0 aromatic heterocycles. The highest BCUT2D eigenvalue weighted by Crippen LogP contribution is 2.26. The summed E-state index contributed by atoms with van der Waals surface area (Å²) >= 11 is 0. The number of rotatable bonds is 13. The molecule has 168 valence electrons. The molecule has 1 saturated carbocycles. The SMILES string of the molecule is C=CCN(C)CCCCCCOC1CCC(N(C)C(=O)c2ccc(OC)cc2)CC1. The Labute approximate surface area is 183 Å². The molecule has 0 saturated heterocycles. The predicted octanol–water partition coefficient (Wildman–Crippen LogP) is 4.77. The molecular weight excluding hydrogens is 376 g/mol. The van der Waals surface area contributed by atoms with Crippen molar-refractivity contribution in [3.63, 3.8) is 0 Å². The lowest BCUT2D eigenvalue weighted by molar-refractivity contribution is 0.00908. The van der Waals surface area contributed by atoms with E-state index in [0.717, 1.165) is 57.6 Å². The number of unbranched alkanes of at least 4 members (excludes halogenated alkanes) is 3. The average Bonchev–Trinajstić information content (AvgIpc) is 2.78. The standard InChI is InChI=1S/C25H40N2O3/c1-5-18-26(2)19-8-6-7-9-20-30-24-16-12-22(13-17-24)27(3)25(28)21-10-14-23(29-4)15-11-21/h5,10-11,14-15,22,24H,1,6-9,12-13,16-20H2,2-4H3. The lowest BCUT2D eigenvalue weighted by Gasteiger charge is -2.34. The van der Waals surface area contributed by atoms with Crippen LogP contribution in [0.2, 0.25) is 0 Å². The number of ether oxygens (including phenoxy) is 2. The lowest BCUT2D eigenvalue weighted by Crippen LogP contribution is -2.40. The fourth-order valence-corrected chi connectivity index (χ4v) is 4.10. The first-order valence-electron chi connectivity index (χ1n) is 11.4. The monoisotopic (exact) mass is 416 g/mol. The van der Waals surface area contributed by atoms with E-state index in [1.165, 1.54) is 19.3 Å². The van der Waals surface area contributed by atoms with Crippen molar-refractivity contribution in [2.75, 3.05) is 40.9 Å². The van der Waals surface area contributed by atoms with E-state index < -0.39 is 0 Å². The lowest BCUT2D eigenvalue weighted by atomic mass is 9.91. The zero-order chi connectivity index (χ0) is 21.8. The van der Waals surface area contributed by atoms with Crippen molar-refractivity contribution < 1.29 is 14.3 Å². The van der Waals surface area contributed by atoms with Gasteiger partial charge in [-0.3, -0.25) is 4.79 Å². The molecule has 2 rings (SSSR count). The average molecular weight is 417 g/mol. The van der Waals surface area contributed by atoms with Crippen molar-refractivity contribution >= 4 is 5.91 Å². The Hall–Kier alpha value is -1.85. The van der Waals surface area contributed by atoms with E-state index >= 15 is 0 Å². The quantitative estimate of drug-likeness (QED) is 0.343. The molecule has 1 aliphatic rings. The number of likely N-dealkylation sites (N-methyl/N-ethyl adjacent to an activating group) is 1. The fourth-order valence-electron chi connectivity index (χ4n) is 4.10. The number of carbonyl (C=O) groups excluding carboxylic acids is 1. The van der Waals surface area contributed by atoms with Crippen LogP contribution in [0.1, 0.15) is 61.7 Å². The first-order chi connectivity index (χ1) is 14.5. The predicted molar refractivity (Wildman–Crippen MR) is 123 cm³/mol. The number of amides is 1. The smallest absolute Gasteiger partial charge is 0.253 e. The first kappa shape index (κ1) is 24.4. The molecule has 1 aromatic rings. The summed E-state index contributed by atoms with van der Waals surface area (Å²) in [5.74, 6) is 0.854. The summed E-state index contributed by atoms with van der Waals surface area (Å²) in [4.78, 5) is 17.0. The van der Waals surface area contributed by atoms with Gasteiger partial charge in [0.05, 0.1) is 13.2 Å². The molecule has 1 amide bonds. The van der Waals surface area contributed by atoms with Crippen LogP contribution < -0.4 is 4.74 Å². The van der Waals surface area contributed by atoms with Crippen LogP contribution in [0.5, 0.6) is 5.75 Å². The van der Waals surface area contributed by atoms with Crippen molar-refractivity contribution in [2.24, 2.45) is 0 Å². The van der Waals surface area contributed by atoms with Gasteiger partial charge in [0, 0.05) is 31.8 Å². The number of hydrogen-bond donors (Lipinski definition) is 0. The minimum absolute atomic E-state index is 0.0840. The topological polar surface area (TPSA) is 42.0 Å². The molecule has 0 radical (unpaired) electrons. The Bertz CT molecular complexity index is 624. The first-order valence-corrected chi connectivity index (χ1v) is 11.4. The molecule has 0 unspecified atom stereocenters. The highest BCUT2D eigenvalue weighted by Gasteiger charge is 2.27. The number of hydrogen-bond acceptors (Lipinski definition) is 4. The number of carbonyl (C=O) groups is 1. The summed E-state index contributed by atoms with van der Waals surface area (Å²) in [6.45, 7) is 6.74. The summed E-state index contributed by atoms with van der Waals surface area (Å²) < 4.78 is 11.3. The second-order valence-electron chi connectivity index (χ2n) is 8.41. The summed E-state index contributed by atoms with van der Waals surface area (Å²) in [5.41, 5.74) is 0.715. The van der Waals surface area contributed by atoms with Crippen LogP contribution in [-0.4, -0.2) is 68.8 Å². The van der Waals surface area contributed by atoms with E-state index in [1.54, 1.807) is 7.11 Å². The molecule has 30 heavy (non-hydrogen) atoms. The van der Waals surface area contributed by atoms with Gasteiger partial charge in [-0.05, 0) is 76.4 Å². The highest BCUT2D eigenvalue weighted by molar-refractivity contribution is 5.94. The van der Waals surface area contributed by atoms with Crippen LogP contribution in [0.25, 0.3) is 0 Å². The fraction of sp³-hybridized carbons (Fsp3) is 0.640. The van der Waals surface area contributed by atoms with E-state index in [1.807, 2.05) is 42.3 Å². The largest absolute Gasteiger partial charge is 0.497 e. The summed E-state index contributed by atoms with van der Waals surface area (Å²) in [6, 6.07) is 7.65. The number of methoxy groups -OCH3 is 1. The summed E-state index contributed by atoms with van der Waals surface area (Å²) in [6.07, 6.45) is 11.3. The van der Waals surface area contributed by atoms with E-state index in [-0.39, 0.29) is 5.91 Å². The van der Waals surface area contributed by atoms with Gasteiger partial charge in [0.1, 0.15) is 5.75 Å². The third-order valence-electron chi connectivity index (χ3n) is 6.08. The van der Waals surface area contributed by atoms with Crippen LogP contribution in [0, 0.1) is 0 Å². The minimum Gasteiger partial charge on any atom is -0.497 e. The molecule has 1 fully saturated rings. The highest BCUT2D eigenvalue weighted by atomic mass is 16.5. The van der Waals surface area contributed by atoms with Crippen LogP contribution in [0.4, 0.5) is 0 Å². The maximum Gasteiger partial charge on any atom is 0.253 e. The van der Waals surface area contributed by atoms with Crippen LogP contribution in [-0.2, 0) is 4.74 Å². The van der Waals surface area contributed by atoms with Gasteiger partial charge in [-0.2, -0.15) is 0 Å². The molecule has 0 heterocycles. The van der Waals surface area contributed by atoms with E-state index in [9.17, 15) is 4.79 Å². The molecule has 1 aromatic carbocycles. The van der Waals surface area contributed by atoms with Gasteiger partial charge in [0.25, 0.3) is 5.91 Å². The molecule has 0 N–H and O–H groups in total. The zero-order valence-electron chi connectivity index (χ0n) is 19.1. The van der Waals surface area contributed by atoms with Gasteiger partial charge < -0.3 is 19.3 Å². The second-order valence-corrected chi connectivity index (χ2v) is 8.41. The van der Waals surface area contributed by atoms with Gasteiger partial charge in [-0.25, -0.2) is 0 Å². The Morgan fingerprint density at radius 3 is 2.37 bits per heavy atom. The number of nitrogens with zero attached hydrogens (tertiary/aromatic N) is 2. The molecule has 5 nitrogen and oxygen atoms in total. The van der Waals surface area contributed by atoms with Crippen LogP contribution >= 0.6 is 0 Å². The molecule has 1 aliphatic carbocycles. The molecule has 0 spiro atoms. The maximum atomic E-state index is 12.7. The molecule has 5 heteroatoms. The summed E-state index contributed by atoms with van der Waals surface area (Å²) in [7, 11) is 5.70. The van der Waals surface area contributed by atoms with Crippen molar-refractivity contribution in [1.82, 2.24) is 9.80 Å². The Morgan fingerprint density at radius 1 is 1.07 bits per heavy atom. The van der Waals surface area contributed by atoms with Gasteiger partial charge in [-0.1, -0.05) is 18.9 Å². The normalized spacial score (nSPS) is 18.9. The Kier molecular flexibility index (Phi) is 11.0.